The average molecular weight is 333 g/mol. The topological polar surface area (TPSA) is 83.9 Å². The van der Waals surface area contributed by atoms with Crippen LogP contribution in [-0.2, 0) is 14.8 Å². The molecule has 1 heterocycles. The Balaban J connectivity index is 2.05. The van der Waals surface area contributed by atoms with Gasteiger partial charge in [-0.05, 0) is 24.3 Å². The van der Waals surface area contributed by atoms with Gasteiger partial charge in [0.2, 0.25) is 0 Å². The van der Waals surface area contributed by atoms with E-state index in [0.29, 0.717) is 11.4 Å². The molecule has 0 aliphatic carbocycles. The second-order valence-electron chi connectivity index (χ2n) is 5.15. The zero-order chi connectivity index (χ0) is 16.4. The molecule has 1 aliphatic heterocycles. The monoisotopic (exact) mass is 333 g/mol. The normalized spacial score (nSPS) is 17.2. The van der Waals surface area contributed by atoms with Crippen LogP contribution in [0.1, 0.15) is 6.42 Å². The molecule has 1 atom stereocenters. The molecule has 0 bridgehead atoms. The van der Waals surface area contributed by atoms with Crippen LogP contribution in [0.5, 0.6) is 5.75 Å². The number of hydrogen-bond acceptors (Lipinski definition) is 4. The molecule has 0 radical (unpaired) electrons. The fourth-order valence-electron chi connectivity index (χ4n) is 2.51. The molecule has 1 N–H and O–H groups in total. The van der Waals surface area contributed by atoms with Crippen LogP contribution in [0.15, 0.2) is 59.5 Å². The van der Waals surface area contributed by atoms with E-state index in [4.69, 9.17) is 9.84 Å². The molecule has 23 heavy (non-hydrogen) atoms. The number of ether oxygens (including phenoxy) is 1. The van der Waals surface area contributed by atoms with Gasteiger partial charge in [-0.1, -0.05) is 30.3 Å². The maximum atomic E-state index is 12.9. The quantitative estimate of drug-likeness (QED) is 0.926. The third-order valence-electron chi connectivity index (χ3n) is 3.53. The van der Waals surface area contributed by atoms with Crippen LogP contribution in [0, 0.1) is 0 Å². The van der Waals surface area contributed by atoms with Gasteiger partial charge in [-0.3, -0.25) is 9.10 Å². The van der Waals surface area contributed by atoms with Gasteiger partial charge in [-0.2, -0.15) is 0 Å². The number of anilines is 1. The van der Waals surface area contributed by atoms with Crippen molar-refractivity contribution in [1.82, 2.24) is 0 Å². The molecule has 3 rings (SSSR count). The van der Waals surface area contributed by atoms with Crippen molar-refractivity contribution in [2.45, 2.75) is 17.4 Å². The first-order valence-corrected chi connectivity index (χ1v) is 8.48. The van der Waals surface area contributed by atoms with Gasteiger partial charge in [0.25, 0.3) is 10.0 Å². The Morgan fingerprint density at radius 1 is 1.13 bits per heavy atom. The van der Waals surface area contributed by atoms with Crippen LogP contribution < -0.4 is 9.04 Å². The molecular weight excluding hydrogens is 318 g/mol. The summed E-state index contributed by atoms with van der Waals surface area (Å²) >= 11 is 0. The highest BCUT2D eigenvalue weighted by Crippen LogP contribution is 2.37. The van der Waals surface area contributed by atoms with Crippen molar-refractivity contribution in [3.63, 3.8) is 0 Å². The standard InChI is InChI=1S/C16H15NO5S/c18-16(19)10-12-11-17(14-8-4-5-9-15(14)22-12)23(20,21)13-6-2-1-3-7-13/h1-9,12H,10-11H2,(H,18,19). The summed E-state index contributed by atoms with van der Waals surface area (Å²) < 4.78 is 32.6. The molecule has 0 fully saturated rings. The number of hydrogen-bond donors (Lipinski definition) is 1. The van der Waals surface area contributed by atoms with E-state index in [-0.39, 0.29) is 17.9 Å². The van der Waals surface area contributed by atoms with Crippen molar-refractivity contribution >= 4 is 21.7 Å². The van der Waals surface area contributed by atoms with Gasteiger partial charge in [0, 0.05) is 0 Å². The number of carboxylic acid groups (broad SMARTS) is 1. The first-order chi connectivity index (χ1) is 11.0. The summed E-state index contributed by atoms with van der Waals surface area (Å²) in [6, 6.07) is 14.8. The number of aliphatic carboxylic acids is 1. The predicted molar refractivity (Wildman–Crippen MR) is 84.1 cm³/mol. The van der Waals surface area contributed by atoms with Gasteiger partial charge in [-0.25, -0.2) is 8.42 Å². The van der Waals surface area contributed by atoms with Crippen molar-refractivity contribution in [2.24, 2.45) is 0 Å². The molecule has 120 valence electrons. The second kappa shape index (κ2) is 5.92. The first kappa shape index (κ1) is 15.4. The molecule has 1 unspecified atom stereocenters. The summed E-state index contributed by atoms with van der Waals surface area (Å²) in [4.78, 5) is 11.1. The lowest BCUT2D eigenvalue weighted by Gasteiger charge is -2.34. The van der Waals surface area contributed by atoms with Crippen molar-refractivity contribution in [3.8, 4) is 5.75 Å². The summed E-state index contributed by atoms with van der Waals surface area (Å²) in [5.41, 5.74) is 0.415. The Morgan fingerprint density at radius 3 is 2.48 bits per heavy atom. The van der Waals surface area contributed by atoms with E-state index in [0.717, 1.165) is 0 Å². The Kier molecular flexibility index (Phi) is 3.96. The third kappa shape index (κ3) is 3.00. The summed E-state index contributed by atoms with van der Waals surface area (Å²) in [7, 11) is -3.78. The highest BCUT2D eigenvalue weighted by molar-refractivity contribution is 7.92. The summed E-state index contributed by atoms with van der Waals surface area (Å²) in [5, 5.41) is 8.97. The fraction of sp³-hybridized carbons (Fsp3) is 0.188. The van der Waals surface area contributed by atoms with Gasteiger partial charge >= 0.3 is 5.97 Å². The van der Waals surface area contributed by atoms with E-state index in [1.54, 1.807) is 42.5 Å². The van der Waals surface area contributed by atoms with Crippen molar-refractivity contribution in [1.29, 1.82) is 0 Å². The van der Waals surface area contributed by atoms with Crippen LogP contribution in [0.2, 0.25) is 0 Å². The molecule has 6 nitrogen and oxygen atoms in total. The highest BCUT2D eigenvalue weighted by atomic mass is 32.2. The molecule has 2 aromatic carbocycles. The van der Waals surface area contributed by atoms with Gasteiger partial charge < -0.3 is 9.84 Å². The minimum absolute atomic E-state index is 0.0411. The summed E-state index contributed by atoms with van der Waals surface area (Å²) in [5.74, 6) is -0.670. The van der Waals surface area contributed by atoms with Crippen LogP contribution in [-0.4, -0.2) is 32.1 Å². The maximum Gasteiger partial charge on any atom is 0.307 e. The number of nitrogens with zero attached hydrogens (tertiary/aromatic N) is 1. The summed E-state index contributed by atoms with van der Waals surface area (Å²) in [6.07, 6.45) is -1.00. The number of sulfonamides is 1. The van der Waals surface area contributed by atoms with Gasteiger partial charge in [0.1, 0.15) is 11.9 Å². The average Bonchev–Trinajstić information content (AvgIpc) is 2.54. The molecule has 2 aromatic rings. The van der Waals surface area contributed by atoms with Crippen LogP contribution in [0.25, 0.3) is 0 Å². The molecule has 0 aromatic heterocycles. The second-order valence-corrected chi connectivity index (χ2v) is 7.02. The molecule has 0 saturated heterocycles. The summed E-state index contributed by atoms with van der Waals surface area (Å²) in [6.45, 7) is -0.0411. The molecule has 0 spiro atoms. The lowest BCUT2D eigenvalue weighted by molar-refractivity contribution is -0.138. The Morgan fingerprint density at radius 2 is 1.78 bits per heavy atom. The van der Waals surface area contributed by atoms with Gasteiger partial charge in [-0.15, -0.1) is 0 Å². The number of para-hydroxylation sites is 2. The Bertz CT molecular complexity index is 819. The van der Waals surface area contributed by atoms with Gasteiger partial charge in [0.05, 0.1) is 23.5 Å². The molecule has 1 aliphatic rings. The Labute approximate surface area is 134 Å². The van der Waals surface area contributed by atoms with Crippen LogP contribution in [0.3, 0.4) is 0 Å². The molecule has 0 saturated carbocycles. The molecule has 0 amide bonds. The zero-order valence-corrected chi connectivity index (χ0v) is 12.9. The van der Waals surface area contributed by atoms with Crippen molar-refractivity contribution < 1.29 is 23.1 Å². The largest absolute Gasteiger partial charge is 0.486 e. The molecule has 7 heteroatoms. The van der Waals surface area contributed by atoms with E-state index < -0.39 is 22.1 Å². The maximum absolute atomic E-state index is 12.9. The minimum Gasteiger partial charge on any atom is -0.486 e. The number of carbonyl (C=O) groups is 1. The third-order valence-corrected chi connectivity index (χ3v) is 5.32. The highest BCUT2D eigenvalue weighted by Gasteiger charge is 2.35. The van der Waals surface area contributed by atoms with Crippen LogP contribution in [0.4, 0.5) is 5.69 Å². The molecular formula is C16H15NO5S. The van der Waals surface area contributed by atoms with Gasteiger partial charge in [0.15, 0.2) is 0 Å². The number of rotatable bonds is 4. The zero-order valence-electron chi connectivity index (χ0n) is 12.1. The first-order valence-electron chi connectivity index (χ1n) is 7.04. The lowest BCUT2D eigenvalue weighted by atomic mass is 10.2. The number of carboxylic acids is 1. The minimum atomic E-state index is -3.78. The predicted octanol–water partition coefficient (Wildman–Crippen LogP) is 2.12. The van der Waals surface area contributed by atoms with E-state index >= 15 is 0 Å². The van der Waals surface area contributed by atoms with Crippen molar-refractivity contribution in [3.05, 3.63) is 54.6 Å². The van der Waals surface area contributed by atoms with E-state index in [1.807, 2.05) is 0 Å². The Hall–Kier alpha value is -2.54. The fourth-order valence-corrected chi connectivity index (χ4v) is 4.04. The number of benzene rings is 2. The smallest absolute Gasteiger partial charge is 0.307 e. The number of fused-ring (bicyclic) bond motifs is 1. The van der Waals surface area contributed by atoms with Crippen molar-refractivity contribution in [2.75, 3.05) is 10.8 Å². The SMILES string of the molecule is O=C(O)CC1CN(S(=O)(=O)c2ccccc2)c2ccccc2O1. The van der Waals surface area contributed by atoms with E-state index in [9.17, 15) is 13.2 Å². The lowest BCUT2D eigenvalue weighted by Crippen LogP contribution is -2.44. The van der Waals surface area contributed by atoms with E-state index in [1.165, 1.54) is 16.4 Å². The van der Waals surface area contributed by atoms with Crippen LogP contribution >= 0.6 is 0 Å². The van der Waals surface area contributed by atoms with E-state index in [2.05, 4.69) is 0 Å².